The molecule has 1 aromatic heterocycles. The molecule has 0 unspecified atom stereocenters. The van der Waals surface area contributed by atoms with Gasteiger partial charge in [-0.1, -0.05) is 12.2 Å². The first-order chi connectivity index (χ1) is 6.65. The van der Waals surface area contributed by atoms with Crippen LogP contribution in [-0.4, -0.2) is 40.3 Å². The summed E-state index contributed by atoms with van der Waals surface area (Å²) in [5.41, 5.74) is 5.97. The van der Waals surface area contributed by atoms with Crippen LogP contribution in [0, 0.1) is 0 Å². The standard InChI is InChI=1S/C8H12N4OS/c1-12(4-5-13)8-10-3-2-6(11-8)7(9)14/h2-3,13H,4-5H2,1H3,(H2,9,14). The molecule has 6 heteroatoms. The van der Waals surface area contributed by atoms with Crippen molar-refractivity contribution in [3.05, 3.63) is 18.0 Å². The minimum absolute atomic E-state index is 0.0527. The Morgan fingerprint density at radius 1 is 1.71 bits per heavy atom. The van der Waals surface area contributed by atoms with Crippen LogP contribution in [0.2, 0.25) is 0 Å². The highest BCUT2D eigenvalue weighted by Gasteiger charge is 2.05. The van der Waals surface area contributed by atoms with Gasteiger partial charge in [-0.15, -0.1) is 0 Å². The second-order valence-corrected chi connectivity index (χ2v) is 3.19. The van der Waals surface area contributed by atoms with Gasteiger partial charge in [0.15, 0.2) is 0 Å². The number of hydrogen-bond donors (Lipinski definition) is 2. The van der Waals surface area contributed by atoms with Gasteiger partial charge in [0.05, 0.1) is 6.61 Å². The zero-order valence-electron chi connectivity index (χ0n) is 7.84. The van der Waals surface area contributed by atoms with Crippen molar-refractivity contribution in [3.8, 4) is 0 Å². The highest BCUT2D eigenvalue weighted by Crippen LogP contribution is 2.04. The van der Waals surface area contributed by atoms with Crippen LogP contribution in [-0.2, 0) is 0 Å². The third-order valence-electron chi connectivity index (χ3n) is 1.67. The number of aliphatic hydroxyl groups excluding tert-OH is 1. The summed E-state index contributed by atoms with van der Waals surface area (Å²) in [6.45, 7) is 0.526. The number of aromatic nitrogens is 2. The molecule has 0 fully saturated rings. The zero-order valence-corrected chi connectivity index (χ0v) is 8.66. The normalized spacial score (nSPS) is 9.86. The Hall–Kier alpha value is -1.27. The van der Waals surface area contributed by atoms with E-state index in [0.29, 0.717) is 18.2 Å². The van der Waals surface area contributed by atoms with Crippen molar-refractivity contribution in [3.63, 3.8) is 0 Å². The second kappa shape index (κ2) is 4.83. The topological polar surface area (TPSA) is 75.3 Å². The highest BCUT2D eigenvalue weighted by atomic mass is 32.1. The van der Waals surface area contributed by atoms with Gasteiger partial charge in [-0.05, 0) is 6.07 Å². The smallest absolute Gasteiger partial charge is 0.225 e. The summed E-state index contributed by atoms with van der Waals surface area (Å²) in [7, 11) is 1.79. The summed E-state index contributed by atoms with van der Waals surface area (Å²) in [5, 5.41) is 8.73. The van der Waals surface area contributed by atoms with Gasteiger partial charge in [-0.2, -0.15) is 0 Å². The maximum atomic E-state index is 8.73. The molecule has 0 spiro atoms. The minimum atomic E-state index is 0.0527. The van der Waals surface area contributed by atoms with Crippen LogP contribution in [0.5, 0.6) is 0 Å². The van der Waals surface area contributed by atoms with E-state index < -0.39 is 0 Å². The van der Waals surface area contributed by atoms with E-state index in [1.807, 2.05) is 0 Å². The first-order valence-corrected chi connectivity index (χ1v) is 4.51. The highest BCUT2D eigenvalue weighted by molar-refractivity contribution is 7.80. The van der Waals surface area contributed by atoms with E-state index in [-0.39, 0.29) is 11.6 Å². The summed E-state index contributed by atoms with van der Waals surface area (Å²) in [5.74, 6) is 0.504. The summed E-state index contributed by atoms with van der Waals surface area (Å²) >= 11 is 4.79. The molecule has 1 aromatic rings. The van der Waals surface area contributed by atoms with Gasteiger partial charge in [0.2, 0.25) is 5.95 Å². The molecule has 1 rings (SSSR count). The van der Waals surface area contributed by atoms with Crippen LogP contribution in [0.1, 0.15) is 5.69 Å². The first-order valence-electron chi connectivity index (χ1n) is 4.10. The van der Waals surface area contributed by atoms with E-state index >= 15 is 0 Å². The molecule has 3 N–H and O–H groups in total. The number of rotatable bonds is 4. The Kier molecular flexibility index (Phi) is 3.73. The molecule has 0 atom stereocenters. The molecule has 1 heterocycles. The minimum Gasteiger partial charge on any atom is -0.395 e. The van der Waals surface area contributed by atoms with Crippen LogP contribution >= 0.6 is 12.2 Å². The zero-order chi connectivity index (χ0) is 10.6. The lowest BCUT2D eigenvalue weighted by Gasteiger charge is -2.15. The fourth-order valence-electron chi connectivity index (χ4n) is 0.920. The largest absolute Gasteiger partial charge is 0.395 e. The van der Waals surface area contributed by atoms with Crippen LogP contribution in [0.4, 0.5) is 5.95 Å². The fraction of sp³-hybridized carbons (Fsp3) is 0.375. The molecule has 5 nitrogen and oxygen atoms in total. The molecule has 14 heavy (non-hydrogen) atoms. The monoisotopic (exact) mass is 212 g/mol. The Labute approximate surface area is 87.6 Å². The van der Waals surface area contributed by atoms with Crippen molar-refractivity contribution in [1.82, 2.24) is 9.97 Å². The fourth-order valence-corrected chi connectivity index (χ4v) is 1.03. The number of likely N-dealkylation sites (N-methyl/N-ethyl adjacent to an activating group) is 1. The number of thiocarbonyl (C=S) groups is 1. The van der Waals surface area contributed by atoms with Crippen molar-refractivity contribution < 1.29 is 5.11 Å². The van der Waals surface area contributed by atoms with Gasteiger partial charge < -0.3 is 15.7 Å². The number of hydrogen-bond acceptors (Lipinski definition) is 5. The third kappa shape index (κ3) is 2.61. The predicted octanol–water partition coefficient (Wildman–Crippen LogP) is -0.461. The van der Waals surface area contributed by atoms with E-state index in [4.69, 9.17) is 23.1 Å². The van der Waals surface area contributed by atoms with E-state index in [1.165, 1.54) is 0 Å². The summed E-state index contributed by atoms with van der Waals surface area (Å²) in [6.07, 6.45) is 1.59. The van der Waals surface area contributed by atoms with Crippen molar-refractivity contribution in [1.29, 1.82) is 0 Å². The number of anilines is 1. The van der Waals surface area contributed by atoms with Crippen LogP contribution in [0.15, 0.2) is 12.3 Å². The molecular weight excluding hydrogens is 200 g/mol. The summed E-state index contributed by atoms with van der Waals surface area (Å²) in [4.78, 5) is 10.1. The molecule has 0 saturated carbocycles. The number of nitrogens with two attached hydrogens (primary N) is 1. The van der Waals surface area contributed by atoms with Crippen LogP contribution in [0.25, 0.3) is 0 Å². The maximum Gasteiger partial charge on any atom is 0.225 e. The predicted molar refractivity (Wildman–Crippen MR) is 58.3 cm³/mol. The Bertz CT molecular complexity index is 331. The van der Waals surface area contributed by atoms with Gasteiger partial charge in [0, 0.05) is 19.8 Å². The van der Waals surface area contributed by atoms with Gasteiger partial charge >= 0.3 is 0 Å². The Balaban J connectivity index is 2.87. The molecular formula is C8H12N4OS. The van der Waals surface area contributed by atoms with Gasteiger partial charge in [0.25, 0.3) is 0 Å². The molecule has 0 radical (unpaired) electrons. The molecule has 0 aromatic carbocycles. The lowest BCUT2D eigenvalue weighted by molar-refractivity contribution is 0.303. The van der Waals surface area contributed by atoms with E-state index in [9.17, 15) is 0 Å². The average molecular weight is 212 g/mol. The third-order valence-corrected chi connectivity index (χ3v) is 1.88. The number of aliphatic hydroxyl groups is 1. The van der Waals surface area contributed by atoms with Crippen molar-refractivity contribution in [2.45, 2.75) is 0 Å². The Morgan fingerprint density at radius 2 is 2.43 bits per heavy atom. The summed E-state index contributed by atoms with van der Waals surface area (Å²) in [6, 6.07) is 1.65. The molecule has 0 amide bonds. The molecule has 0 aliphatic carbocycles. The molecule has 0 bridgehead atoms. The SMILES string of the molecule is CN(CCO)c1nccc(C(N)=S)n1. The van der Waals surface area contributed by atoms with Crippen LogP contribution < -0.4 is 10.6 Å². The lowest BCUT2D eigenvalue weighted by atomic mass is 10.4. The summed E-state index contributed by atoms with van der Waals surface area (Å²) < 4.78 is 0. The van der Waals surface area contributed by atoms with E-state index in [1.54, 1.807) is 24.2 Å². The quantitative estimate of drug-likeness (QED) is 0.658. The van der Waals surface area contributed by atoms with Crippen molar-refractivity contribution >= 4 is 23.2 Å². The number of nitrogens with zero attached hydrogens (tertiary/aromatic N) is 3. The molecule has 0 aliphatic heterocycles. The van der Waals surface area contributed by atoms with Crippen molar-refractivity contribution in [2.24, 2.45) is 5.73 Å². The lowest BCUT2D eigenvalue weighted by Crippen LogP contribution is -2.24. The van der Waals surface area contributed by atoms with Gasteiger partial charge in [-0.3, -0.25) is 0 Å². The average Bonchev–Trinajstić information content (AvgIpc) is 2.18. The van der Waals surface area contributed by atoms with Gasteiger partial charge in [-0.25, -0.2) is 9.97 Å². The second-order valence-electron chi connectivity index (χ2n) is 2.75. The van der Waals surface area contributed by atoms with Crippen LogP contribution in [0.3, 0.4) is 0 Å². The van der Waals surface area contributed by atoms with E-state index in [0.717, 1.165) is 0 Å². The van der Waals surface area contributed by atoms with Crippen molar-refractivity contribution in [2.75, 3.05) is 25.1 Å². The molecule has 0 aliphatic rings. The maximum absolute atomic E-state index is 8.73. The molecule has 76 valence electrons. The van der Waals surface area contributed by atoms with Gasteiger partial charge in [0.1, 0.15) is 10.7 Å². The first kappa shape index (κ1) is 10.8. The Morgan fingerprint density at radius 3 is 3.00 bits per heavy atom. The van der Waals surface area contributed by atoms with E-state index in [2.05, 4.69) is 9.97 Å². The molecule has 0 saturated heterocycles.